The van der Waals surface area contributed by atoms with E-state index in [1.54, 1.807) is 37.6 Å². The number of aromatic nitrogens is 5. The molecule has 3 aromatic heterocycles. The van der Waals surface area contributed by atoms with Crippen molar-refractivity contribution in [3.63, 3.8) is 0 Å². The van der Waals surface area contributed by atoms with Gasteiger partial charge in [-0.15, -0.1) is 5.10 Å². The summed E-state index contributed by atoms with van der Waals surface area (Å²) in [4.78, 5) is 16.1. The van der Waals surface area contributed by atoms with E-state index in [-0.39, 0.29) is 18.2 Å². The van der Waals surface area contributed by atoms with Crippen LogP contribution in [-0.4, -0.2) is 36.8 Å². The summed E-state index contributed by atoms with van der Waals surface area (Å²) in [5, 5.41) is 19.9. The number of nitrogens with one attached hydrogen (secondary N) is 1. The van der Waals surface area contributed by atoms with Gasteiger partial charge in [0.15, 0.2) is 11.6 Å². The molecule has 0 aliphatic rings. The van der Waals surface area contributed by atoms with Gasteiger partial charge in [0.25, 0.3) is 0 Å². The zero-order valence-electron chi connectivity index (χ0n) is 15.8. The van der Waals surface area contributed by atoms with Gasteiger partial charge in [0, 0.05) is 24.4 Å². The second kappa shape index (κ2) is 8.27. The van der Waals surface area contributed by atoms with E-state index in [1.807, 2.05) is 0 Å². The first-order valence-electron chi connectivity index (χ1n) is 8.82. The smallest absolute Gasteiger partial charge is 0.410 e. The van der Waals surface area contributed by atoms with Crippen LogP contribution in [0.25, 0.3) is 16.8 Å². The molecule has 0 bridgehead atoms. The number of anilines is 2. The Kier molecular flexibility index (Phi) is 5.37. The molecule has 3 heterocycles. The van der Waals surface area contributed by atoms with Crippen molar-refractivity contribution in [2.75, 3.05) is 12.4 Å². The quantitative estimate of drug-likeness (QED) is 0.473. The lowest BCUT2D eigenvalue weighted by Crippen LogP contribution is -2.11. The standard InChI is InChI=1S/C19H17FN6O4/c1-29-11-25-9-18(23-24-25)22-17-5-2-12(7-21-17)15-4-3-13(6-16(15)20)26-8-14(10-27)30-19(26)28/h2-9,27H,10-11H2,1H3,(H,21,22). The Morgan fingerprint density at radius 1 is 1.23 bits per heavy atom. The first kappa shape index (κ1) is 19.5. The summed E-state index contributed by atoms with van der Waals surface area (Å²) in [6.45, 7) is -0.139. The van der Waals surface area contributed by atoms with E-state index in [1.165, 1.54) is 23.1 Å². The summed E-state index contributed by atoms with van der Waals surface area (Å²) >= 11 is 0. The highest BCUT2D eigenvalue weighted by atomic mass is 19.1. The number of nitrogens with zero attached hydrogens (tertiary/aromatic N) is 5. The average molecular weight is 412 g/mol. The average Bonchev–Trinajstić information content (AvgIpc) is 3.35. The van der Waals surface area contributed by atoms with Crippen molar-refractivity contribution in [1.29, 1.82) is 0 Å². The van der Waals surface area contributed by atoms with Crippen molar-refractivity contribution in [3.8, 4) is 16.8 Å². The van der Waals surface area contributed by atoms with Gasteiger partial charge in [-0.05, 0) is 30.3 Å². The molecule has 0 aliphatic carbocycles. The van der Waals surface area contributed by atoms with Gasteiger partial charge in [0.05, 0.1) is 18.1 Å². The minimum absolute atomic E-state index is 0.0963. The van der Waals surface area contributed by atoms with E-state index in [0.29, 0.717) is 22.8 Å². The number of ether oxygens (including phenoxy) is 1. The first-order chi connectivity index (χ1) is 14.6. The molecule has 0 saturated heterocycles. The molecule has 0 fully saturated rings. The molecule has 0 atom stereocenters. The number of aliphatic hydroxyl groups excluding tert-OH is 1. The highest BCUT2D eigenvalue weighted by Crippen LogP contribution is 2.25. The van der Waals surface area contributed by atoms with Gasteiger partial charge >= 0.3 is 5.76 Å². The Labute approximate surface area is 169 Å². The van der Waals surface area contributed by atoms with Crippen molar-refractivity contribution in [2.45, 2.75) is 13.3 Å². The molecule has 4 rings (SSSR count). The van der Waals surface area contributed by atoms with Crippen LogP contribution in [0.4, 0.5) is 16.0 Å². The maximum absolute atomic E-state index is 14.7. The number of oxazole rings is 1. The zero-order valence-corrected chi connectivity index (χ0v) is 15.8. The molecule has 0 unspecified atom stereocenters. The fraction of sp³-hybridized carbons (Fsp3) is 0.158. The number of rotatable bonds is 7. The molecule has 0 saturated carbocycles. The number of methoxy groups -OCH3 is 1. The Morgan fingerprint density at radius 3 is 2.77 bits per heavy atom. The Balaban J connectivity index is 1.53. The molecule has 2 N–H and O–H groups in total. The monoisotopic (exact) mass is 412 g/mol. The van der Waals surface area contributed by atoms with Gasteiger partial charge in [0.1, 0.15) is 25.0 Å². The van der Waals surface area contributed by atoms with E-state index in [9.17, 15) is 9.18 Å². The van der Waals surface area contributed by atoms with Crippen molar-refractivity contribution in [3.05, 3.63) is 71.1 Å². The molecule has 30 heavy (non-hydrogen) atoms. The normalized spacial score (nSPS) is 11.0. The van der Waals surface area contributed by atoms with Crippen LogP contribution in [-0.2, 0) is 18.1 Å². The first-order valence-corrected chi connectivity index (χ1v) is 8.82. The molecular formula is C19H17FN6O4. The second-order valence-corrected chi connectivity index (χ2v) is 6.27. The van der Waals surface area contributed by atoms with Crippen LogP contribution < -0.4 is 11.1 Å². The van der Waals surface area contributed by atoms with E-state index >= 15 is 0 Å². The summed E-state index contributed by atoms with van der Waals surface area (Å²) in [5.74, 6) is -0.127. The van der Waals surface area contributed by atoms with Crippen LogP contribution >= 0.6 is 0 Å². The van der Waals surface area contributed by atoms with E-state index in [4.69, 9.17) is 14.3 Å². The maximum Gasteiger partial charge on any atom is 0.423 e. The van der Waals surface area contributed by atoms with E-state index in [2.05, 4.69) is 20.6 Å². The molecular weight excluding hydrogens is 395 g/mol. The molecule has 1 aromatic carbocycles. The number of hydrogen-bond donors (Lipinski definition) is 2. The third-order valence-electron chi connectivity index (χ3n) is 4.21. The highest BCUT2D eigenvalue weighted by molar-refractivity contribution is 5.66. The summed E-state index contributed by atoms with van der Waals surface area (Å²) in [5.41, 5.74) is 1.17. The predicted molar refractivity (Wildman–Crippen MR) is 104 cm³/mol. The van der Waals surface area contributed by atoms with E-state index in [0.717, 1.165) is 4.57 Å². The number of benzene rings is 1. The van der Waals surface area contributed by atoms with Crippen molar-refractivity contribution in [1.82, 2.24) is 24.5 Å². The predicted octanol–water partition coefficient (Wildman–Crippen LogP) is 2.06. The number of pyridine rings is 1. The summed E-state index contributed by atoms with van der Waals surface area (Å²) < 4.78 is 27.1. The van der Waals surface area contributed by atoms with Crippen LogP contribution in [0.3, 0.4) is 0 Å². The zero-order chi connectivity index (χ0) is 21.1. The molecule has 10 nitrogen and oxygen atoms in total. The molecule has 4 aromatic rings. The summed E-state index contributed by atoms with van der Waals surface area (Å²) in [6.07, 6.45) is 4.51. The number of aliphatic hydroxyl groups is 1. The van der Waals surface area contributed by atoms with Gasteiger partial charge in [-0.3, -0.25) is 0 Å². The molecule has 0 amide bonds. The minimum atomic E-state index is -0.703. The van der Waals surface area contributed by atoms with E-state index < -0.39 is 18.2 Å². The van der Waals surface area contributed by atoms with Crippen LogP contribution in [0.2, 0.25) is 0 Å². The molecule has 0 radical (unpaired) electrons. The summed E-state index contributed by atoms with van der Waals surface area (Å²) in [7, 11) is 1.56. The molecule has 11 heteroatoms. The van der Waals surface area contributed by atoms with Crippen molar-refractivity contribution >= 4 is 11.6 Å². The SMILES string of the molecule is COCn1cc(Nc2ccc(-c3ccc(-n4cc(CO)oc4=O)cc3F)cn2)nn1. The lowest BCUT2D eigenvalue weighted by atomic mass is 10.1. The molecule has 0 aliphatic heterocycles. The van der Waals surface area contributed by atoms with Gasteiger partial charge in [-0.25, -0.2) is 23.4 Å². The second-order valence-electron chi connectivity index (χ2n) is 6.27. The van der Waals surface area contributed by atoms with Gasteiger partial charge < -0.3 is 19.6 Å². The third kappa shape index (κ3) is 3.97. The maximum atomic E-state index is 14.7. The third-order valence-corrected chi connectivity index (χ3v) is 4.21. The molecule has 154 valence electrons. The topological polar surface area (TPSA) is 120 Å². The molecule has 0 spiro atoms. The summed E-state index contributed by atoms with van der Waals surface area (Å²) in [6, 6.07) is 7.74. The number of hydrogen-bond acceptors (Lipinski definition) is 8. The van der Waals surface area contributed by atoms with Crippen LogP contribution in [0.15, 0.2) is 58.1 Å². The van der Waals surface area contributed by atoms with Gasteiger partial charge in [0.2, 0.25) is 0 Å². The van der Waals surface area contributed by atoms with Crippen LogP contribution in [0.5, 0.6) is 0 Å². The largest absolute Gasteiger partial charge is 0.423 e. The highest BCUT2D eigenvalue weighted by Gasteiger charge is 2.12. The van der Waals surface area contributed by atoms with Gasteiger partial charge in [-0.2, -0.15) is 0 Å². The lowest BCUT2D eigenvalue weighted by Gasteiger charge is -2.07. The number of halogens is 1. The minimum Gasteiger partial charge on any atom is -0.410 e. The Hall–Kier alpha value is -3.83. The fourth-order valence-corrected chi connectivity index (χ4v) is 2.83. The van der Waals surface area contributed by atoms with Crippen LogP contribution in [0.1, 0.15) is 5.76 Å². The van der Waals surface area contributed by atoms with Gasteiger partial charge in [-0.1, -0.05) is 5.21 Å². The Bertz CT molecular complexity index is 1210. The fourth-order valence-electron chi connectivity index (χ4n) is 2.83. The Morgan fingerprint density at radius 2 is 2.10 bits per heavy atom. The van der Waals surface area contributed by atoms with Crippen molar-refractivity contribution < 1.29 is 18.7 Å². The van der Waals surface area contributed by atoms with Crippen molar-refractivity contribution in [2.24, 2.45) is 0 Å². The lowest BCUT2D eigenvalue weighted by molar-refractivity contribution is 0.119. The van der Waals surface area contributed by atoms with Crippen LogP contribution in [0, 0.1) is 5.82 Å².